The maximum Gasteiger partial charge on any atom is 0.471 e. The fourth-order valence-corrected chi connectivity index (χ4v) is 14.0. The van der Waals surface area contributed by atoms with Crippen LogP contribution in [0.15, 0.2) is 6.07 Å². The predicted octanol–water partition coefficient (Wildman–Crippen LogP) is 8.44. The summed E-state index contributed by atoms with van der Waals surface area (Å²) in [5, 5.41) is 11.0. The highest BCUT2D eigenvalue weighted by molar-refractivity contribution is 6.75. The van der Waals surface area contributed by atoms with E-state index in [9.17, 15) is 19.5 Å². The van der Waals surface area contributed by atoms with Crippen LogP contribution in [0.5, 0.6) is 11.5 Å². The maximum absolute atomic E-state index is 15.1. The molecule has 0 radical (unpaired) electrons. The Kier molecular flexibility index (Phi) is 10.4. The van der Waals surface area contributed by atoms with E-state index in [0.717, 1.165) is 6.29 Å². The zero-order chi connectivity index (χ0) is 40.0. The van der Waals surface area contributed by atoms with Crippen molar-refractivity contribution in [3.63, 3.8) is 0 Å². The van der Waals surface area contributed by atoms with E-state index in [-0.39, 0.29) is 40.5 Å². The molecule has 1 N–H and O–H groups in total. The molecule has 11 nitrogen and oxygen atoms in total. The molecule has 4 unspecified atom stereocenters. The lowest BCUT2D eigenvalue weighted by Crippen LogP contribution is -2.63. The molecule has 53 heavy (non-hydrogen) atoms. The average Bonchev–Trinajstić information content (AvgIpc) is 2.99. The smallest absolute Gasteiger partial charge is 0.471 e. The topological polar surface area (TPSA) is 144 Å². The van der Waals surface area contributed by atoms with Gasteiger partial charge in [0, 0.05) is 46.4 Å². The van der Waals surface area contributed by atoms with Crippen LogP contribution in [0.1, 0.15) is 144 Å². The molecule has 5 rings (SSSR count). The number of rotatable bonds is 7. The number of ether oxygens (including phenoxy) is 3. The van der Waals surface area contributed by atoms with Crippen molar-refractivity contribution >= 4 is 52.0 Å². The molecule has 1 aliphatic carbocycles. The summed E-state index contributed by atoms with van der Waals surface area (Å²) >= 11 is 0. The zero-order valence-corrected chi connectivity index (χ0v) is 36.1. The van der Waals surface area contributed by atoms with Crippen molar-refractivity contribution in [3.8, 4) is 11.5 Å². The third kappa shape index (κ3) is 6.84. The first-order valence-electron chi connectivity index (χ1n) is 18.5. The summed E-state index contributed by atoms with van der Waals surface area (Å²) in [5.41, 5.74) is 0.166. The second kappa shape index (κ2) is 13.4. The van der Waals surface area contributed by atoms with E-state index < -0.39 is 69.2 Å². The lowest BCUT2D eigenvalue weighted by molar-refractivity contribution is -0.288. The molecule has 13 heteroatoms. The monoisotopic (exact) mass is 770 g/mol. The molecule has 0 spiro atoms. The number of carbonyl (C=O) groups excluding carboxylic acids is 4. The van der Waals surface area contributed by atoms with E-state index >= 15 is 4.79 Å². The molecule has 2 heterocycles. The number of benzene rings is 2. The Bertz CT molecular complexity index is 1830. The fraction of sp³-hybridized carbons (Fsp3) is 0.650. The molecule has 6 atom stereocenters. The van der Waals surface area contributed by atoms with Crippen molar-refractivity contribution in [1.29, 1.82) is 0 Å². The molecule has 2 aromatic rings. The van der Waals surface area contributed by atoms with Gasteiger partial charge in [-0.3, -0.25) is 19.2 Å². The van der Waals surface area contributed by atoms with Gasteiger partial charge in [-0.15, -0.1) is 0 Å². The van der Waals surface area contributed by atoms with Gasteiger partial charge in [0.25, 0.3) is 0 Å². The van der Waals surface area contributed by atoms with Crippen LogP contribution in [0, 0.1) is 6.92 Å². The molecule has 0 saturated carbocycles. The van der Waals surface area contributed by atoms with Gasteiger partial charge in [0.15, 0.2) is 39.1 Å². The van der Waals surface area contributed by atoms with Gasteiger partial charge in [-0.05, 0) is 50.5 Å². The highest BCUT2D eigenvalue weighted by atomic mass is 28.4. The van der Waals surface area contributed by atoms with Crippen LogP contribution in [-0.4, -0.2) is 76.5 Å². The van der Waals surface area contributed by atoms with Gasteiger partial charge in [-0.2, -0.15) is 0 Å². The van der Waals surface area contributed by atoms with Crippen molar-refractivity contribution in [2.45, 2.75) is 167 Å². The Morgan fingerprint density at radius 2 is 1.55 bits per heavy atom. The number of hydrogen-bond acceptors (Lipinski definition) is 11. The normalized spacial score (nSPS) is 27.4. The van der Waals surface area contributed by atoms with E-state index in [1.165, 1.54) is 6.92 Å². The van der Waals surface area contributed by atoms with Crippen molar-refractivity contribution in [2.24, 2.45) is 0 Å². The first kappa shape index (κ1) is 41.2. The summed E-state index contributed by atoms with van der Waals surface area (Å²) in [5.74, 6) is -0.304. The molecule has 0 bridgehead atoms. The lowest BCUT2D eigenvalue weighted by atomic mass is 9.79. The van der Waals surface area contributed by atoms with Crippen molar-refractivity contribution in [1.82, 2.24) is 0 Å². The summed E-state index contributed by atoms with van der Waals surface area (Å²) in [6.45, 7) is 29.0. The Balaban J connectivity index is 1.83. The molecule has 2 aromatic carbocycles. The van der Waals surface area contributed by atoms with E-state index in [1.54, 1.807) is 26.8 Å². The van der Waals surface area contributed by atoms with Gasteiger partial charge in [0.2, 0.25) is 0 Å². The van der Waals surface area contributed by atoms with Gasteiger partial charge >= 0.3 is 14.5 Å². The van der Waals surface area contributed by atoms with Crippen LogP contribution in [0.25, 0.3) is 10.8 Å². The number of aldehydes is 2. The van der Waals surface area contributed by atoms with Crippen molar-refractivity contribution in [2.75, 3.05) is 0 Å². The van der Waals surface area contributed by atoms with Crippen molar-refractivity contribution < 1.29 is 51.8 Å². The first-order chi connectivity index (χ1) is 24.1. The average molecular weight is 771 g/mol. The largest absolute Gasteiger partial charge is 0.510 e. The minimum absolute atomic E-state index is 0.0555. The zero-order valence-electron chi connectivity index (χ0n) is 34.1. The third-order valence-corrected chi connectivity index (χ3v) is 21.1. The SMILES string of the molecule is CC(=O)OC1C(C)OC(O[C@H]2C[C@H](O[Si](C)(C)C(C)(C)C)C(=O)c3c2c(C=O)c2cc(C)c(C=O)c4c2c3O[Si](C(C)(C)C)(C(C)(C)C)O4)CC1(C)O. The summed E-state index contributed by atoms with van der Waals surface area (Å²) in [6, 6.07) is 1.76. The first-order valence-corrected chi connectivity index (χ1v) is 23.2. The van der Waals surface area contributed by atoms with Gasteiger partial charge in [-0.25, -0.2) is 0 Å². The molecule has 2 aliphatic heterocycles. The van der Waals surface area contributed by atoms with Gasteiger partial charge < -0.3 is 32.6 Å². The highest BCUT2D eigenvalue weighted by Gasteiger charge is 2.65. The molecule has 0 amide bonds. The third-order valence-electron chi connectivity index (χ3n) is 11.7. The minimum atomic E-state index is -3.48. The highest BCUT2D eigenvalue weighted by Crippen LogP contribution is 2.60. The van der Waals surface area contributed by atoms with Gasteiger partial charge in [-0.1, -0.05) is 62.3 Å². The lowest BCUT2D eigenvalue weighted by Gasteiger charge is -2.51. The van der Waals surface area contributed by atoms with E-state index in [1.807, 2.05) is 41.5 Å². The number of aryl methyl sites for hydroxylation is 1. The molecule has 1 saturated heterocycles. The summed E-state index contributed by atoms with van der Waals surface area (Å²) in [6.07, 6.45) is -3.08. The number of hydrogen-bond donors (Lipinski definition) is 1. The summed E-state index contributed by atoms with van der Waals surface area (Å²) < 4.78 is 39.6. The Morgan fingerprint density at radius 3 is 2.04 bits per heavy atom. The Hall–Kier alpha value is -2.95. The maximum atomic E-state index is 15.1. The fourth-order valence-electron chi connectivity index (χ4n) is 8.19. The number of Topliss-reactive ketones (excluding diaryl/α,β-unsaturated/α-hetero) is 1. The molecule has 1 fully saturated rings. The standard InChI is InChI=1S/C40H58O11Si2/c1-21-16-24-26(20-42)30-27(48-29-18-40(13,45)36(22(2)46-29)47-23(3)43)17-28(49-52(14,15)37(4,5)6)33(44)32(30)35-31(24)34(25(21)19-41)50-53(51-35,38(7,8)9)39(10,11)12/h16,19-20,22,27-29,36,45H,17-18H2,1-15H3/t22?,27-,28-,29?,36?,40?/m0/s1. The van der Waals surface area contributed by atoms with Gasteiger partial charge in [0.1, 0.15) is 23.2 Å². The second-order valence-corrected chi connectivity index (χ2v) is 28.3. The predicted molar refractivity (Wildman–Crippen MR) is 206 cm³/mol. The van der Waals surface area contributed by atoms with Crippen LogP contribution in [0.4, 0.5) is 0 Å². The molecule has 0 aromatic heterocycles. The van der Waals surface area contributed by atoms with E-state index in [2.05, 4.69) is 33.9 Å². The van der Waals surface area contributed by atoms with Crippen LogP contribution < -0.4 is 8.85 Å². The Morgan fingerprint density at radius 1 is 0.981 bits per heavy atom. The summed E-state index contributed by atoms with van der Waals surface area (Å²) in [4.78, 5) is 53.2. The molecular formula is C40H58O11Si2. The van der Waals surface area contributed by atoms with Crippen LogP contribution >= 0.6 is 0 Å². The van der Waals surface area contributed by atoms with E-state index in [4.69, 9.17) is 27.5 Å². The number of carbonyl (C=O) groups is 4. The number of fused-ring (bicyclic) bond motifs is 2. The van der Waals surface area contributed by atoms with Crippen LogP contribution in [0.3, 0.4) is 0 Å². The quantitative estimate of drug-likeness (QED) is 0.165. The second-order valence-electron chi connectivity index (χ2n) is 18.9. The van der Waals surface area contributed by atoms with E-state index in [0.29, 0.717) is 39.5 Å². The van der Waals surface area contributed by atoms with Crippen LogP contribution in [-0.2, 0) is 23.4 Å². The minimum Gasteiger partial charge on any atom is -0.510 e. The molecule has 3 aliphatic rings. The number of esters is 1. The Labute approximate surface area is 315 Å². The van der Waals surface area contributed by atoms with Crippen molar-refractivity contribution in [3.05, 3.63) is 33.9 Å². The number of aliphatic hydroxyl groups is 1. The molecular weight excluding hydrogens is 713 g/mol. The van der Waals surface area contributed by atoms with Crippen LogP contribution in [0.2, 0.25) is 28.2 Å². The molecule has 292 valence electrons. The van der Waals surface area contributed by atoms with Gasteiger partial charge in [0.05, 0.1) is 28.7 Å². The number of ketones is 1. The summed E-state index contributed by atoms with van der Waals surface area (Å²) in [7, 11) is -6.06.